The van der Waals surface area contributed by atoms with Gasteiger partial charge < -0.3 is 25.0 Å². The lowest BCUT2D eigenvalue weighted by molar-refractivity contribution is -0.154. The van der Waals surface area contributed by atoms with Crippen LogP contribution in [0, 0.1) is 19.8 Å². The number of anilines is 2. The molecule has 0 spiro atoms. The minimum absolute atomic E-state index is 0.143. The minimum atomic E-state index is -0.567. The van der Waals surface area contributed by atoms with Crippen molar-refractivity contribution in [2.24, 2.45) is 5.92 Å². The molecule has 7 heteroatoms. The fourth-order valence-electron chi connectivity index (χ4n) is 4.45. The van der Waals surface area contributed by atoms with E-state index in [9.17, 15) is 9.59 Å². The van der Waals surface area contributed by atoms with Crippen LogP contribution in [0.2, 0.25) is 0 Å². The molecule has 0 bridgehead atoms. The normalized spacial score (nSPS) is 14.2. The maximum Gasteiger partial charge on any atom is 0.410 e. The maximum atomic E-state index is 12.8. The molecule has 3 aromatic rings. The van der Waals surface area contributed by atoms with E-state index in [1.807, 2.05) is 45.0 Å². The summed E-state index contributed by atoms with van der Waals surface area (Å²) in [6, 6.07) is 24.8. The van der Waals surface area contributed by atoms with Gasteiger partial charge in [0.15, 0.2) is 0 Å². The van der Waals surface area contributed by atoms with Crippen LogP contribution in [0.25, 0.3) is 0 Å². The maximum absolute atomic E-state index is 12.8. The van der Waals surface area contributed by atoms with Gasteiger partial charge in [-0.25, -0.2) is 4.79 Å². The Morgan fingerprint density at radius 2 is 1.45 bits per heavy atom. The van der Waals surface area contributed by atoms with Crippen molar-refractivity contribution >= 4 is 23.4 Å². The number of rotatable bonds is 10. The van der Waals surface area contributed by atoms with Crippen molar-refractivity contribution in [2.75, 3.05) is 30.3 Å². The van der Waals surface area contributed by atoms with E-state index in [1.165, 1.54) is 21.6 Å². The number of carbonyl (C=O) groups excluding carboxylic acids is 2. The number of carbonyl (C=O) groups is 2. The number of para-hydroxylation sites is 2. The molecule has 1 atom stereocenters. The van der Waals surface area contributed by atoms with Gasteiger partial charge in [0.05, 0.1) is 23.3 Å². The third kappa shape index (κ3) is 8.50. The Labute approximate surface area is 237 Å². The molecule has 0 aliphatic carbocycles. The van der Waals surface area contributed by atoms with E-state index < -0.39 is 11.7 Å². The highest BCUT2D eigenvalue weighted by atomic mass is 16.6. The number of nitrogens with one attached hydrogen (secondary N) is 2. The summed E-state index contributed by atoms with van der Waals surface area (Å²) in [6.07, 6.45) is 0.291. The monoisotopic (exact) mass is 543 g/mol. The number of benzene rings is 3. The molecule has 7 nitrogen and oxygen atoms in total. The van der Waals surface area contributed by atoms with Gasteiger partial charge in [0.1, 0.15) is 12.2 Å². The lowest BCUT2D eigenvalue weighted by Gasteiger charge is -2.38. The van der Waals surface area contributed by atoms with Crippen LogP contribution in [-0.2, 0) is 27.2 Å². The van der Waals surface area contributed by atoms with Gasteiger partial charge in [0, 0.05) is 19.6 Å². The Morgan fingerprint density at radius 1 is 0.875 bits per heavy atom. The third-order valence-electron chi connectivity index (χ3n) is 6.79. The Balaban J connectivity index is 1.38. The highest BCUT2D eigenvalue weighted by molar-refractivity contribution is 5.78. The van der Waals surface area contributed by atoms with Crippen molar-refractivity contribution in [1.29, 1.82) is 0 Å². The first-order chi connectivity index (χ1) is 19.1. The molecule has 1 fully saturated rings. The number of likely N-dealkylation sites (tertiary alicyclic amines) is 1. The van der Waals surface area contributed by atoms with Crippen molar-refractivity contribution in [3.63, 3.8) is 0 Å². The average molecular weight is 544 g/mol. The zero-order valence-electron chi connectivity index (χ0n) is 24.2. The van der Waals surface area contributed by atoms with Crippen LogP contribution < -0.4 is 10.6 Å². The molecule has 1 heterocycles. The first-order valence-corrected chi connectivity index (χ1v) is 13.9. The van der Waals surface area contributed by atoms with Gasteiger partial charge >= 0.3 is 12.1 Å². The van der Waals surface area contributed by atoms with Gasteiger partial charge in [-0.1, -0.05) is 71.8 Å². The second-order valence-corrected chi connectivity index (χ2v) is 11.6. The molecule has 0 unspecified atom stereocenters. The Morgan fingerprint density at radius 3 is 2.05 bits per heavy atom. The predicted octanol–water partition coefficient (Wildman–Crippen LogP) is 6.35. The topological polar surface area (TPSA) is 79.9 Å². The van der Waals surface area contributed by atoms with Gasteiger partial charge in [0.2, 0.25) is 0 Å². The van der Waals surface area contributed by atoms with Crippen LogP contribution in [-0.4, -0.2) is 48.3 Å². The number of aryl methyl sites for hydroxylation is 2. The molecule has 1 amide bonds. The number of hydrogen-bond acceptors (Lipinski definition) is 6. The Hall–Kier alpha value is -4.00. The summed E-state index contributed by atoms with van der Waals surface area (Å²) >= 11 is 0. The second kappa shape index (κ2) is 12.9. The average Bonchev–Trinajstić information content (AvgIpc) is 2.87. The van der Waals surface area contributed by atoms with E-state index in [2.05, 4.69) is 73.0 Å². The van der Waals surface area contributed by atoms with E-state index in [-0.39, 0.29) is 24.5 Å². The van der Waals surface area contributed by atoms with E-state index in [0.717, 1.165) is 16.9 Å². The summed E-state index contributed by atoms with van der Waals surface area (Å²) in [7, 11) is 0. The quantitative estimate of drug-likeness (QED) is 0.290. The fraction of sp³-hybridized carbons (Fsp3) is 0.394. The van der Waals surface area contributed by atoms with Crippen molar-refractivity contribution in [3.05, 3.63) is 95.1 Å². The lowest BCUT2D eigenvalue weighted by Crippen LogP contribution is -2.54. The van der Waals surface area contributed by atoms with Crippen molar-refractivity contribution in [1.82, 2.24) is 4.90 Å². The highest BCUT2D eigenvalue weighted by Crippen LogP contribution is 2.25. The van der Waals surface area contributed by atoms with Gasteiger partial charge in [-0.15, -0.1) is 0 Å². The first kappa shape index (κ1) is 29.0. The zero-order valence-corrected chi connectivity index (χ0v) is 24.2. The number of ether oxygens (including phenoxy) is 2. The van der Waals surface area contributed by atoms with Crippen LogP contribution in [0.3, 0.4) is 0 Å². The fourth-order valence-corrected chi connectivity index (χ4v) is 4.45. The molecule has 1 aliphatic heterocycles. The number of hydrogen-bond donors (Lipinski definition) is 2. The van der Waals surface area contributed by atoms with E-state index in [4.69, 9.17) is 9.47 Å². The summed E-state index contributed by atoms with van der Waals surface area (Å²) in [5, 5.41) is 7.15. The summed E-state index contributed by atoms with van der Waals surface area (Å²) in [5.74, 6) is -0.627. The summed E-state index contributed by atoms with van der Waals surface area (Å²) in [5.41, 5.74) is 6.15. The largest absolute Gasteiger partial charge is 0.463 e. The number of nitrogens with zero attached hydrogens (tertiary/aromatic N) is 1. The van der Waals surface area contributed by atoms with Crippen LogP contribution in [0.1, 0.15) is 43.0 Å². The molecular formula is C33H41N3O4. The van der Waals surface area contributed by atoms with Gasteiger partial charge in [-0.2, -0.15) is 0 Å². The third-order valence-corrected chi connectivity index (χ3v) is 6.79. The molecule has 2 N–H and O–H groups in total. The highest BCUT2D eigenvalue weighted by Gasteiger charge is 2.39. The van der Waals surface area contributed by atoms with Crippen LogP contribution in [0.5, 0.6) is 0 Å². The van der Waals surface area contributed by atoms with E-state index in [0.29, 0.717) is 26.1 Å². The standard InChI is InChI=1S/C33H41N3O4/c1-23-10-14-25(15-11-23)18-28(22-39-31(37)27-20-36(21-27)32(38)40-33(3,4)5)35-30-9-7-6-8-29(30)34-19-26-16-12-24(2)13-17-26/h6-17,27-28,34-35H,18-22H2,1-5H3/t28-/m0/s1. The van der Waals surface area contributed by atoms with Gasteiger partial charge in [-0.05, 0) is 64.3 Å². The number of esters is 1. The molecule has 212 valence electrons. The molecule has 0 aromatic heterocycles. The van der Waals surface area contributed by atoms with Crippen LogP contribution in [0.4, 0.5) is 16.2 Å². The molecule has 40 heavy (non-hydrogen) atoms. The molecular weight excluding hydrogens is 502 g/mol. The Bertz CT molecular complexity index is 1280. The van der Waals surface area contributed by atoms with Crippen molar-refractivity contribution in [2.45, 2.75) is 59.2 Å². The van der Waals surface area contributed by atoms with Gasteiger partial charge in [0.25, 0.3) is 0 Å². The molecule has 1 aliphatic rings. The Kier molecular flexibility index (Phi) is 9.35. The summed E-state index contributed by atoms with van der Waals surface area (Å²) in [6.45, 7) is 11.2. The molecule has 1 saturated heterocycles. The molecule has 0 radical (unpaired) electrons. The van der Waals surface area contributed by atoms with Crippen LogP contribution in [0.15, 0.2) is 72.8 Å². The second-order valence-electron chi connectivity index (χ2n) is 11.6. The van der Waals surface area contributed by atoms with Crippen molar-refractivity contribution < 1.29 is 19.1 Å². The van der Waals surface area contributed by atoms with Gasteiger partial charge in [-0.3, -0.25) is 4.79 Å². The van der Waals surface area contributed by atoms with Crippen LogP contribution >= 0.6 is 0 Å². The summed E-state index contributed by atoms with van der Waals surface area (Å²) < 4.78 is 11.2. The number of amides is 1. The van der Waals surface area contributed by atoms with E-state index in [1.54, 1.807) is 0 Å². The lowest BCUT2D eigenvalue weighted by atomic mass is 10.0. The predicted molar refractivity (Wildman–Crippen MR) is 159 cm³/mol. The molecule has 3 aromatic carbocycles. The van der Waals surface area contributed by atoms with Crippen molar-refractivity contribution in [3.8, 4) is 0 Å². The SMILES string of the molecule is Cc1ccc(CNc2ccccc2N[C@H](COC(=O)C2CN(C(=O)OC(C)(C)C)C2)Cc2ccc(C)cc2)cc1. The van der Waals surface area contributed by atoms with E-state index >= 15 is 0 Å². The summed E-state index contributed by atoms with van der Waals surface area (Å²) in [4.78, 5) is 26.6. The first-order valence-electron chi connectivity index (χ1n) is 13.9. The molecule has 4 rings (SSSR count). The smallest absolute Gasteiger partial charge is 0.410 e. The minimum Gasteiger partial charge on any atom is -0.463 e. The zero-order chi connectivity index (χ0) is 28.7. The molecule has 0 saturated carbocycles.